The summed E-state index contributed by atoms with van der Waals surface area (Å²) in [7, 11) is 1.67. The topological polar surface area (TPSA) is 50.8 Å². The van der Waals surface area contributed by atoms with Crippen LogP contribution in [-0.4, -0.2) is 43.7 Å². The van der Waals surface area contributed by atoms with Gasteiger partial charge in [-0.1, -0.05) is 19.1 Å². The Hall–Kier alpha value is -1.59. The molecule has 5 nitrogen and oxygen atoms in total. The Morgan fingerprint density at radius 2 is 2.05 bits per heavy atom. The van der Waals surface area contributed by atoms with E-state index in [9.17, 15) is 4.79 Å². The van der Waals surface area contributed by atoms with Crippen LogP contribution in [0.4, 0.5) is 0 Å². The van der Waals surface area contributed by atoms with Gasteiger partial charge >= 0.3 is 0 Å². The number of benzene rings is 1. The lowest BCUT2D eigenvalue weighted by atomic mass is 10.1. The normalized spacial score (nSPS) is 19.9. The minimum Gasteiger partial charge on any atom is -0.494 e. The first-order valence-electron chi connectivity index (χ1n) is 7.47. The number of methoxy groups -OCH3 is 1. The summed E-state index contributed by atoms with van der Waals surface area (Å²) >= 11 is 0. The highest BCUT2D eigenvalue weighted by molar-refractivity contribution is 5.81. The van der Waals surface area contributed by atoms with Crippen molar-refractivity contribution in [2.24, 2.45) is 0 Å². The molecule has 0 aromatic heterocycles. The minimum atomic E-state index is -0.0896. The van der Waals surface area contributed by atoms with E-state index in [1.54, 1.807) is 7.11 Å². The number of carbonyl (C=O) groups is 1. The fourth-order valence-corrected chi connectivity index (χ4v) is 2.71. The van der Waals surface area contributed by atoms with Crippen molar-refractivity contribution in [3.8, 4) is 5.75 Å². The molecule has 1 amide bonds. The molecule has 0 aliphatic carbocycles. The molecule has 1 aliphatic heterocycles. The highest BCUT2D eigenvalue weighted by Crippen LogP contribution is 2.27. The van der Waals surface area contributed by atoms with Gasteiger partial charge in [-0.15, -0.1) is 0 Å². The van der Waals surface area contributed by atoms with Gasteiger partial charge in [0.1, 0.15) is 11.9 Å². The van der Waals surface area contributed by atoms with Gasteiger partial charge in [0.2, 0.25) is 5.91 Å². The maximum atomic E-state index is 12.2. The zero-order valence-electron chi connectivity index (χ0n) is 13.0. The number of ether oxygens (including phenoxy) is 2. The molecule has 2 unspecified atom stereocenters. The fourth-order valence-electron chi connectivity index (χ4n) is 2.71. The molecule has 1 aromatic rings. The van der Waals surface area contributed by atoms with Gasteiger partial charge in [-0.2, -0.15) is 0 Å². The SMILES string of the molecule is CCOc1ccc(C2NCC(=O)N2C(CC)COC)cc1. The first-order chi connectivity index (χ1) is 10.2. The Morgan fingerprint density at radius 1 is 1.33 bits per heavy atom. The van der Waals surface area contributed by atoms with Crippen LogP contribution in [0.2, 0.25) is 0 Å². The molecular formula is C16H24N2O3. The average molecular weight is 292 g/mol. The molecule has 116 valence electrons. The summed E-state index contributed by atoms with van der Waals surface area (Å²) in [5.41, 5.74) is 1.07. The molecule has 0 bridgehead atoms. The van der Waals surface area contributed by atoms with Gasteiger partial charge in [-0.25, -0.2) is 0 Å². The van der Waals surface area contributed by atoms with Crippen molar-refractivity contribution in [3.05, 3.63) is 29.8 Å². The second-order valence-corrected chi connectivity index (χ2v) is 5.10. The highest BCUT2D eigenvalue weighted by atomic mass is 16.5. The smallest absolute Gasteiger partial charge is 0.238 e. The number of nitrogens with one attached hydrogen (secondary N) is 1. The summed E-state index contributed by atoms with van der Waals surface area (Å²) < 4.78 is 10.7. The molecule has 0 radical (unpaired) electrons. The fraction of sp³-hybridized carbons (Fsp3) is 0.562. The molecule has 1 fully saturated rings. The maximum absolute atomic E-state index is 12.2. The van der Waals surface area contributed by atoms with Crippen LogP contribution in [0.5, 0.6) is 5.75 Å². The van der Waals surface area contributed by atoms with E-state index in [-0.39, 0.29) is 18.1 Å². The molecule has 0 spiro atoms. The second-order valence-electron chi connectivity index (χ2n) is 5.10. The lowest BCUT2D eigenvalue weighted by Gasteiger charge is -2.32. The molecule has 1 heterocycles. The average Bonchev–Trinajstić information content (AvgIpc) is 2.88. The third-order valence-corrected chi connectivity index (χ3v) is 3.74. The van der Waals surface area contributed by atoms with Crippen LogP contribution in [0.15, 0.2) is 24.3 Å². The van der Waals surface area contributed by atoms with E-state index in [1.165, 1.54) is 0 Å². The van der Waals surface area contributed by atoms with Crippen molar-refractivity contribution >= 4 is 5.91 Å². The zero-order valence-corrected chi connectivity index (χ0v) is 13.0. The molecule has 1 N–H and O–H groups in total. The third-order valence-electron chi connectivity index (χ3n) is 3.74. The van der Waals surface area contributed by atoms with Crippen LogP contribution in [0.1, 0.15) is 32.0 Å². The number of rotatable bonds is 7. The molecule has 2 rings (SSSR count). The number of hydrogen-bond donors (Lipinski definition) is 1. The largest absolute Gasteiger partial charge is 0.494 e. The van der Waals surface area contributed by atoms with Gasteiger partial charge < -0.3 is 14.4 Å². The lowest BCUT2D eigenvalue weighted by Crippen LogP contribution is -2.41. The van der Waals surface area contributed by atoms with Crippen molar-refractivity contribution in [1.82, 2.24) is 10.2 Å². The number of nitrogens with zero attached hydrogens (tertiary/aromatic N) is 1. The van der Waals surface area contributed by atoms with E-state index in [0.29, 0.717) is 19.8 Å². The van der Waals surface area contributed by atoms with Crippen molar-refractivity contribution in [3.63, 3.8) is 0 Å². The Bertz CT molecular complexity index is 461. The van der Waals surface area contributed by atoms with E-state index in [1.807, 2.05) is 36.1 Å². The number of carbonyl (C=O) groups excluding carboxylic acids is 1. The van der Waals surface area contributed by atoms with Gasteiger partial charge in [0.05, 0.1) is 25.8 Å². The second kappa shape index (κ2) is 7.43. The zero-order chi connectivity index (χ0) is 15.2. The van der Waals surface area contributed by atoms with Crippen LogP contribution in [-0.2, 0) is 9.53 Å². The van der Waals surface area contributed by atoms with Crippen molar-refractivity contribution < 1.29 is 14.3 Å². The molecule has 1 saturated heterocycles. The molecule has 1 aliphatic rings. The van der Waals surface area contributed by atoms with Crippen molar-refractivity contribution in [1.29, 1.82) is 0 Å². The summed E-state index contributed by atoms with van der Waals surface area (Å²) in [5.74, 6) is 0.971. The predicted octanol–water partition coefficient (Wildman–Crippen LogP) is 1.94. The molecule has 0 saturated carbocycles. The van der Waals surface area contributed by atoms with Gasteiger partial charge in [0.15, 0.2) is 0 Å². The Labute approximate surface area is 126 Å². The minimum absolute atomic E-state index is 0.0896. The van der Waals surface area contributed by atoms with Gasteiger partial charge in [-0.05, 0) is 31.0 Å². The van der Waals surface area contributed by atoms with E-state index >= 15 is 0 Å². The number of hydrogen-bond acceptors (Lipinski definition) is 4. The molecule has 21 heavy (non-hydrogen) atoms. The maximum Gasteiger partial charge on any atom is 0.238 e. The van der Waals surface area contributed by atoms with E-state index < -0.39 is 0 Å². The highest BCUT2D eigenvalue weighted by Gasteiger charge is 2.35. The lowest BCUT2D eigenvalue weighted by molar-refractivity contribution is -0.131. The monoisotopic (exact) mass is 292 g/mol. The summed E-state index contributed by atoms with van der Waals surface area (Å²) in [6, 6.07) is 7.99. The first kappa shape index (κ1) is 15.8. The van der Waals surface area contributed by atoms with Crippen molar-refractivity contribution in [2.75, 3.05) is 26.9 Å². The van der Waals surface area contributed by atoms with Crippen LogP contribution < -0.4 is 10.1 Å². The van der Waals surface area contributed by atoms with Gasteiger partial charge in [0, 0.05) is 7.11 Å². The summed E-state index contributed by atoms with van der Waals surface area (Å²) in [6.45, 7) is 5.61. The summed E-state index contributed by atoms with van der Waals surface area (Å²) in [5, 5.41) is 3.28. The predicted molar refractivity (Wildman–Crippen MR) is 81.2 cm³/mol. The Morgan fingerprint density at radius 3 is 2.62 bits per heavy atom. The van der Waals surface area contributed by atoms with E-state index in [4.69, 9.17) is 9.47 Å². The molecule has 5 heteroatoms. The van der Waals surface area contributed by atoms with Crippen LogP contribution in [0, 0.1) is 0 Å². The summed E-state index contributed by atoms with van der Waals surface area (Å²) in [4.78, 5) is 14.1. The Kier molecular flexibility index (Phi) is 5.59. The quantitative estimate of drug-likeness (QED) is 0.834. The molecule has 2 atom stereocenters. The van der Waals surface area contributed by atoms with Crippen LogP contribution in [0.25, 0.3) is 0 Å². The van der Waals surface area contributed by atoms with Crippen LogP contribution in [0.3, 0.4) is 0 Å². The van der Waals surface area contributed by atoms with Gasteiger partial charge in [-0.3, -0.25) is 10.1 Å². The first-order valence-corrected chi connectivity index (χ1v) is 7.47. The third kappa shape index (κ3) is 3.54. The Balaban J connectivity index is 2.18. The molecule has 1 aromatic carbocycles. The van der Waals surface area contributed by atoms with E-state index in [2.05, 4.69) is 12.2 Å². The van der Waals surface area contributed by atoms with Crippen LogP contribution >= 0.6 is 0 Å². The van der Waals surface area contributed by atoms with Gasteiger partial charge in [0.25, 0.3) is 0 Å². The summed E-state index contributed by atoms with van der Waals surface area (Å²) in [6.07, 6.45) is 0.780. The standard InChI is InChI=1S/C16H24N2O3/c1-4-13(11-20-3)18-15(19)10-17-16(18)12-6-8-14(9-7-12)21-5-2/h6-9,13,16-17H,4-5,10-11H2,1-3H3. The number of amides is 1. The van der Waals surface area contributed by atoms with E-state index in [0.717, 1.165) is 17.7 Å². The van der Waals surface area contributed by atoms with Crippen molar-refractivity contribution in [2.45, 2.75) is 32.5 Å². The molecular weight excluding hydrogens is 268 g/mol.